The molecule has 0 spiro atoms. The number of hydrogen-bond acceptors (Lipinski definition) is 4. The fourth-order valence-corrected chi connectivity index (χ4v) is 4.40. The maximum atomic E-state index is 4.08. The second-order valence-electron chi connectivity index (χ2n) is 7.01. The van der Waals surface area contributed by atoms with E-state index in [1.54, 1.807) is 0 Å². The number of H-pyrrole nitrogens is 1. The van der Waals surface area contributed by atoms with Crippen molar-refractivity contribution in [1.82, 2.24) is 25.9 Å². The lowest BCUT2D eigenvalue weighted by molar-refractivity contribution is 0.0993. The number of aromatic nitrogens is 4. The van der Waals surface area contributed by atoms with Crippen molar-refractivity contribution in [2.75, 3.05) is 0 Å². The van der Waals surface area contributed by atoms with Crippen molar-refractivity contribution in [1.29, 1.82) is 0 Å². The second-order valence-corrected chi connectivity index (χ2v) is 7.01. The Hall–Kier alpha value is -0.970. The van der Waals surface area contributed by atoms with Gasteiger partial charge in [-0.3, -0.25) is 0 Å². The van der Waals surface area contributed by atoms with Crippen LogP contribution in [0.1, 0.15) is 58.8 Å². The molecule has 1 heterocycles. The second kappa shape index (κ2) is 3.76. The minimum absolute atomic E-state index is 0.157. The minimum atomic E-state index is 0.157. The predicted octanol–water partition coefficient (Wildman–Crippen LogP) is 2.07. The Bertz CT molecular complexity index is 422. The van der Waals surface area contributed by atoms with E-state index in [0.717, 1.165) is 11.7 Å². The van der Waals surface area contributed by atoms with Crippen LogP contribution < -0.4 is 5.32 Å². The van der Waals surface area contributed by atoms with Gasteiger partial charge in [0, 0.05) is 6.04 Å². The van der Waals surface area contributed by atoms with Crippen LogP contribution in [0.15, 0.2) is 0 Å². The van der Waals surface area contributed by atoms with Crippen LogP contribution in [0.4, 0.5) is 0 Å². The summed E-state index contributed by atoms with van der Waals surface area (Å²) in [5.41, 5.74) is 0.803. The first-order valence-electron chi connectivity index (χ1n) is 6.93. The van der Waals surface area contributed by atoms with Crippen LogP contribution >= 0.6 is 0 Å². The van der Waals surface area contributed by atoms with E-state index in [4.69, 9.17) is 0 Å². The van der Waals surface area contributed by atoms with Crippen molar-refractivity contribution in [2.45, 2.75) is 59.0 Å². The minimum Gasteiger partial charge on any atom is -0.304 e. The molecule has 0 amide bonds. The fourth-order valence-electron chi connectivity index (χ4n) is 4.40. The average molecular weight is 249 g/mol. The van der Waals surface area contributed by atoms with Crippen LogP contribution in [0.25, 0.3) is 0 Å². The van der Waals surface area contributed by atoms with E-state index in [1.807, 2.05) is 0 Å². The van der Waals surface area contributed by atoms with Crippen LogP contribution in [-0.4, -0.2) is 26.7 Å². The zero-order chi connectivity index (χ0) is 13.0. The molecule has 0 aliphatic heterocycles. The number of nitrogens with zero attached hydrogens (tertiary/aromatic N) is 3. The van der Waals surface area contributed by atoms with E-state index < -0.39 is 0 Å². The summed E-state index contributed by atoms with van der Waals surface area (Å²) in [5.74, 6) is 1.62. The van der Waals surface area contributed by atoms with Crippen molar-refractivity contribution < 1.29 is 0 Å². The zero-order valence-electron chi connectivity index (χ0n) is 11.7. The molecule has 1 aromatic heterocycles. The van der Waals surface area contributed by atoms with Gasteiger partial charge in [-0.1, -0.05) is 26.0 Å². The molecule has 2 N–H and O–H groups in total. The van der Waals surface area contributed by atoms with Gasteiger partial charge in [0.15, 0.2) is 5.82 Å². The van der Waals surface area contributed by atoms with E-state index in [1.165, 1.54) is 19.3 Å². The Labute approximate surface area is 108 Å². The number of rotatable bonds is 3. The molecule has 0 radical (unpaired) electrons. The fraction of sp³-hybridized carbons (Fsp3) is 0.923. The first-order chi connectivity index (χ1) is 8.43. The molecule has 2 fully saturated rings. The molecule has 100 valence electrons. The van der Waals surface area contributed by atoms with Gasteiger partial charge in [0.2, 0.25) is 0 Å². The normalized spacial score (nSPS) is 39.1. The van der Waals surface area contributed by atoms with Gasteiger partial charge in [-0.25, -0.2) is 0 Å². The van der Waals surface area contributed by atoms with Gasteiger partial charge in [-0.2, -0.15) is 5.21 Å². The molecular formula is C13H23N5. The Morgan fingerprint density at radius 3 is 2.72 bits per heavy atom. The highest BCUT2D eigenvalue weighted by molar-refractivity contribution is 5.13. The van der Waals surface area contributed by atoms with Crippen LogP contribution in [0.3, 0.4) is 0 Å². The summed E-state index contributed by atoms with van der Waals surface area (Å²) in [5, 5.41) is 18.1. The van der Waals surface area contributed by atoms with Gasteiger partial charge in [0.05, 0.1) is 6.04 Å². The molecule has 2 aliphatic rings. The number of nitrogens with one attached hydrogen (secondary N) is 2. The summed E-state index contributed by atoms with van der Waals surface area (Å²) in [6, 6.07) is 0.696. The Morgan fingerprint density at radius 1 is 1.39 bits per heavy atom. The molecule has 2 saturated carbocycles. The smallest absolute Gasteiger partial charge is 0.191 e. The van der Waals surface area contributed by atoms with Crippen molar-refractivity contribution in [3.8, 4) is 0 Å². The molecule has 2 bridgehead atoms. The average Bonchev–Trinajstić information content (AvgIpc) is 2.96. The molecule has 0 saturated heterocycles. The topological polar surface area (TPSA) is 66.5 Å². The molecule has 5 heteroatoms. The van der Waals surface area contributed by atoms with Gasteiger partial charge in [0.25, 0.3) is 0 Å². The van der Waals surface area contributed by atoms with Crippen molar-refractivity contribution in [3.05, 3.63) is 5.82 Å². The van der Waals surface area contributed by atoms with Crippen LogP contribution in [0.2, 0.25) is 0 Å². The van der Waals surface area contributed by atoms with Gasteiger partial charge in [-0.05, 0) is 42.9 Å². The maximum absolute atomic E-state index is 4.08. The quantitative estimate of drug-likeness (QED) is 0.860. The van der Waals surface area contributed by atoms with E-state index in [-0.39, 0.29) is 6.04 Å². The molecule has 2 aliphatic carbocycles. The molecule has 0 aromatic carbocycles. The highest BCUT2D eigenvalue weighted by atomic mass is 15.5. The molecule has 18 heavy (non-hydrogen) atoms. The van der Waals surface area contributed by atoms with Gasteiger partial charge in [0.1, 0.15) is 0 Å². The molecular weight excluding hydrogens is 226 g/mol. The maximum Gasteiger partial charge on any atom is 0.191 e. The van der Waals surface area contributed by atoms with Crippen molar-refractivity contribution in [2.24, 2.45) is 16.7 Å². The summed E-state index contributed by atoms with van der Waals surface area (Å²) in [6.07, 6.45) is 4.09. The number of tetrazole rings is 1. The first-order valence-corrected chi connectivity index (χ1v) is 6.93. The Balaban J connectivity index is 1.80. The van der Waals surface area contributed by atoms with Gasteiger partial charge in [-0.15, -0.1) is 10.2 Å². The summed E-state index contributed by atoms with van der Waals surface area (Å²) in [6.45, 7) is 9.37. The third-order valence-electron chi connectivity index (χ3n) is 5.44. The Morgan fingerprint density at radius 2 is 2.17 bits per heavy atom. The summed E-state index contributed by atoms with van der Waals surface area (Å²) >= 11 is 0. The third-order valence-corrected chi connectivity index (χ3v) is 5.44. The van der Waals surface area contributed by atoms with E-state index in [0.29, 0.717) is 16.9 Å². The van der Waals surface area contributed by atoms with Crippen molar-refractivity contribution in [3.63, 3.8) is 0 Å². The van der Waals surface area contributed by atoms with Crippen molar-refractivity contribution >= 4 is 0 Å². The SMILES string of the molecule is CC(NC1C(C)(C)[C@H]2CC[C@]1(C)C2)c1nn[nH]n1. The Kier molecular flexibility index (Phi) is 2.52. The zero-order valence-corrected chi connectivity index (χ0v) is 11.7. The van der Waals surface area contributed by atoms with Gasteiger partial charge < -0.3 is 5.32 Å². The van der Waals surface area contributed by atoms with Gasteiger partial charge >= 0.3 is 0 Å². The predicted molar refractivity (Wildman–Crippen MR) is 68.7 cm³/mol. The molecule has 1 aromatic rings. The summed E-state index contributed by atoms with van der Waals surface area (Å²) in [7, 11) is 0. The summed E-state index contributed by atoms with van der Waals surface area (Å²) in [4.78, 5) is 0. The largest absolute Gasteiger partial charge is 0.304 e. The monoisotopic (exact) mass is 249 g/mol. The van der Waals surface area contributed by atoms with E-state index in [9.17, 15) is 0 Å². The third kappa shape index (κ3) is 1.60. The number of hydrogen-bond donors (Lipinski definition) is 2. The lowest BCUT2D eigenvalue weighted by Gasteiger charge is -2.44. The van der Waals surface area contributed by atoms with Crippen LogP contribution in [0.5, 0.6) is 0 Å². The molecule has 4 atom stereocenters. The molecule has 5 nitrogen and oxygen atoms in total. The standard InChI is InChI=1S/C13H23N5/c1-8(10-15-17-18-16-10)14-11-12(2,3)9-5-6-13(11,4)7-9/h8-9,11,14H,5-7H2,1-4H3,(H,15,16,17,18)/t8?,9-,11?,13+/m0/s1. The highest BCUT2D eigenvalue weighted by Gasteiger charge is 2.59. The first kappa shape index (κ1) is 12.1. The highest BCUT2D eigenvalue weighted by Crippen LogP contribution is 2.62. The summed E-state index contributed by atoms with van der Waals surface area (Å²) < 4.78 is 0. The van der Waals surface area contributed by atoms with E-state index >= 15 is 0 Å². The van der Waals surface area contributed by atoms with E-state index in [2.05, 4.69) is 53.6 Å². The van der Waals surface area contributed by atoms with Crippen LogP contribution in [0, 0.1) is 16.7 Å². The number of aromatic amines is 1. The molecule has 3 rings (SSSR count). The lowest BCUT2D eigenvalue weighted by Crippen LogP contribution is -2.51. The number of fused-ring (bicyclic) bond motifs is 2. The van der Waals surface area contributed by atoms with Crippen LogP contribution in [-0.2, 0) is 0 Å². The molecule has 2 unspecified atom stereocenters. The lowest BCUT2D eigenvalue weighted by atomic mass is 9.68.